The Morgan fingerprint density at radius 3 is 1.51 bits per heavy atom. The van der Waals surface area contributed by atoms with Crippen LogP contribution in [0.1, 0.15) is 49.9 Å². The first-order chi connectivity index (χ1) is 26.8. The lowest BCUT2D eigenvalue weighted by molar-refractivity contribution is 0.600. The molecule has 0 aliphatic heterocycles. The van der Waals surface area contributed by atoms with E-state index in [-0.39, 0.29) is 10.8 Å². The van der Waals surface area contributed by atoms with Crippen LogP contribution in [-0.4, -0.2) is 0 Å². The fourth-order valence-corrected chi connectivity index (χ4v) is 10.8. The highest BCUT2D eigenvalue weighted by molar-refractivity contribution is 6.24. The van der Waals surface area contributed by atoms with Crippen molar-refractivity contribution in [2.45, 2.75) is 38.5 Å². The minimum absolute atomic E-state index is 0.162. The maximum Gasteiger partial charge on any atom is 0.144 e. The van der Waals surface area contributed by atoms with Crippen LogP contribution >= 0.6 is 0 Å². The molecule has 0 saturated carbocycles. The molecule has 12 rings (SSSR count). The Hall–Kier alpha value is -6.44. The number of hydrogen-bond acceptors (Lipinski definition) is 1. The minimum atomic E-state index is -0.163. The van der Waals surface area contributed by atoms with Gasteiger partial charge in [-0.15, -0.1) is 0 Å². The van der Waals surface area contributed by atoms with E-state index >= 15 is 0 Å². The normalized spacial score (nSPS) is 14.8. The van der Waals surface area contributed by atoms with Gasteiger partial charge in [-0.05, 0) is 112 Å². The fraction of sp³-hybridized carbons (Fsp3) is 0.111. The number of benzene rings is 9. The lowest BCUT2D eigenvalue weighted by Gasteiger charge is -2.30. The lowest BCUT2D eigenvalue weighted by atomic mass is 9.72. The molecule has 1 heterocycles. The quantitative estimate of drug-likeness (QED) is 0.163. The van der Waals surface area contributed by atoms with Gasteiger partial charge in [-0.1, -0.05) is 167 Å². The van der Waals surface area contributed by atoms with Gasteiger partial charge in [0, 0.05) is 27.2 Å². The average molecular weight is 703 g/mol. The first kappa shape index (κ1) is 31.0. The van der Waals surface area contributed by atoms with Crippen LogP contribution < -0.4 is 0 Å². The molecule has 2 aliphatic carbocycles. The Morgan fingerprint density at radius 1 is 0.382 bits per heavy atom. The summed E-state index contributed by atoms with van der Waals surface area (Å²) in [7, 11) is 0. The van der Waals surface area contributed by atoms with Crippen LogP contribution in [0, 0.1) is 0 Å². The predicted molar refractivity (Wildman–Crippen MR) is 232 cm³/mol. The van der Waals surface area contributed by atoms with Crippen LogP contribution in [0.5, 0.6) is 0 Å². The summed E-state index contributed by atoms with van der Waals surface area (Å²) >= 11 is 0. The highest BCUT2D eigenvalue weighted by Crippen LogP contribution is 2.63. The van der Waals surface area contributed by atoms with Gasteiger partial charge >= 0.3 is 0 Å². The van der Waals surface area contributed by atoms with Gasteiger partial charge in [-0.2, -0.15) is 0 Å². The van der Waals surface area contributed by atoms with E-state index in [1.165, 1.54) is 110 Å². The van der Waals surface area contributed by atoms with E-state index in [4.69, 9.17) is 4.42 Å². The van der Waals surface area contributed by atoms with Crippen LogP contribution in [0.4, 0.5) is 0 Å². The third kappa shape index (κ3) is 3.93. The molecular weight excluding hydrogens is 665 g/mol. The summed E-state index contributed by atoms with van der Waals surface area (Å²) in [5.74, 6) is 0. The second-order valence-electron chi connectivity index (χ2n) is 16.8. The van der Waals surface area contributed by atoms with E-state index in [1.807, 2.05) is 0 Å². The molecule has 0 saturated heterocycles. The largest absolute Gasteiger partial charge is 0.455 e. The molecule has 0 unspecified atom stereocenters. The fourth-order valence-electron chi connectivity index (χ4n) is 10.8. The number of fused-ring (bicyclic) bond motifs is 15. The second kappa shape index (κ2) is 10.6. The summed E-state index contributed by atoms with van der Waals surface area (Å²) in [6.45, 7) is 9.65. The van der Waals surface area contributed by atoms with Crippen LogP contribution in [-0.2, 0) is 10.8 Å². The molecule has 0 N–H and O–H groups in total. The maximum absolute atomic E-state index is 7.15. The van der Waals surface area contributed by atoms with Crippen molar-refractivity contribution in [2.75, 3.05) is 0 Å². The van der Waals surface area contributed by atoms with Crippen molar-refractivity contribution in [3.8, 4) is 44.5 Å². The zero-order valence-electron chi connectivity index (χ0n) is 31.4. The molecule has 55 heavy (non-hydrogen) atoms. The maximum atomic E-state index is 7.15. The molecule has 0 atom stereocenters. The van der Waals surface area contributed by atoms with Crippen molar-refractivity contribution < 1.29 is 4.42 Å². The van der Waals surface area contributed by atoms with Crippen molar-refractivity contribution >= 4 is 54.3 Å². The molecule has 1 nitrogen and oxygen atoms in total. The lowest BCUT2D eigenvalue weighted by Crippen LogP contribution is -2.24. The summed E-state index contributed by atoms with van der Waals surface area (Å²) in [5.41, 5.74) is 17.5. The number of rotatable bonds is 2. The monoisotopic (exact) mass is 702 g/mol. The third-order valence-electron chi connectivity index (χ3n) is 13.1. The van der Waals surface area contributed by atoms with Crippen LogP contribution in [0.2, 0.25) is 0 Å². The molecule has 2 aliphatic rings. The zero-order valence-corrected chi connectivity index (χ0v) is 31.4. The zero-order chi connectivity index (χ0) is 36.8. The summed E-state index contributed by atoms with van der Waals surface area (Å²) < 4.78 is 7.15. The SMILES string of the molecule is CC1(C)c2ccccc2-c2c1c1c(c3c2oc2cc4ccc(-c5c6ccccc6c(-c6ccccc6)c6ccccc56)cc4cc23)-c2ccccc2C1(C)C. The smallest absolute Gasteiger partial charge is 0.144 e. The first-order valence-corrected chi connectivity index (χ1v) is 19.5. The molecule has 0 bridgehead atoms. The molecule has 0 fully saturated rings. The molecule has 0 amide bonds. The van der Waals surface area contributed by atoms with E-state index in [1.54, 1.807) is 0 Å². The molecular formula is C54H38O. The molecule has 260 valence electrons. The van der Waals surface area contributed by atoms with Gasteiger partial charge in [0.1, 0.15) is 11.2 Å². The van der Waals surface area contributed by atoms with Gasteiger partial charge in [0.15, 0.2) is 0 Å². The Balaban J connectivity index is 1.18. The van der Waals surface area contributed by atoms with Crippen molar-refractivity contribution in [3.63, 3.8) is 0 Å². The highest BCUT2D eigenvalue weighted by atomic mass is 16.3. The van der Waals surface area contributed by atoms with E-state index in [2.05, 4.69) is 185 Å². The van der Waals surface area contributed by atoms with Crippen molar-refractivity contribution in [1.82, 2.24) is 0 Å². The summed E-state index contributed by atoms with van der Waals surface area (Å²) in [6.07, 6.45) is 0. The molecule has 1 heteroatoms. The van der Waals surface area contributed by atoms with Crippen LogP contribution in [0.3, 0.4) is 0 Å². The Kier molecular flexibility index (Phi) is 5.98. The van der Waals surface area contributed by atoms with Gasteiger partial charge in [0.25, 0.3) is 0 Å². The summed E-state index contributed by atoms with van der Waals surface area (Å²) in [6, 6.07) is 58.4. The van der Waals surface area contributed by atoms with Gasteiger partial charge < -0.3 is 4.42 Å². The summed E-state index contributed by atoms with van der Waals surface area (Å²) in [4.78, 5) is 0. The molecule has 0 spiro atoms. The summed E-state index contributed by atoms with van der Waals surface area (Å²) in [5, 5.41) is 9.89. The first-order valence-electron chi connectivity index (χ1n) is 19.5. The van der Waals surface area contributed by atoms with Gasteiger partial charge in [-0.3, -0.25) is 0 Å². The Bertz CT molecular complexity index is 3240. The molecule has 10 aromatic rings. The van der Waals surface area contributed by atoms with Crippen LogP contribution in [0.25, 0.3) is 98.8 Å². The van der Waals surface area contributed by atoms with Gasteiger partial charge in [0.2, 0.25) is 0 Å². The van der Waals surface area contributed by atoms with Gasteiger partial charge in [0.05, 0.1) is 0 Å². The average Bonchev–Trinajstić information content (AvgIpc) is 3.78. The minimum Gasteiger partial charge on any atom is -0.455 e. The van der Waals surface area contributed by atoms with Crippen molar-refractivity contribution in [1.29, 1.82) is 0 Å². The van der Waals surface area contributed by atoms with Gasteiger partial charge in [-0.25, -0.2) is 0 Å². The number of furan rings is 1. The van der Waals surface area contributed by atoms with Crippen molar-refractivity contribution in [3.05, 3.63) is 180 Å². The molecule has 0 radical (unpaired) electrons. The Labute approximate surface area is 320 Å². The molecule has 1 aromatic heterocycles. The topological polar surface area (TPSA) is 13.1 Å². The van der Waals surface area contributed by atoms with Crippen molar-refractivity contribution in [2.24, 2.45) is 0 Å². The standard InChI is InChI=1S/C54H38O/c1-53(2)42-24-14-12-22-39(42)47-48-41-29-34-28-33(46-37-20-10-8-18-35(37)45(31-16-6-5-7-17-31)36-19-9-11-21-38(36)46)27-26-32(34)30-44(41)55-52(48)49-40-23-13-15-25-43(40)54(3,4)51(49)50(47)53/h5-30H,1-4H3. The van der Waals surface area contributed by atoms with E-state index in [9.17, 15) is 0 Å². The number of hydrogen-bond donors (Lipinski definition) is 0. The van der Waals surface area contributed by atoms with E-state index in [0.29, 0.717) is 0 Å². The third-order valence-corrected chi connectivity index (χ3v) is 13.1. The highest BCUT2D eigenvalue weighted by Gasteiger charge is 2.48. The van der Waals surface area contributed by atoms with Crippen LogP contribution in [0.15, 0.2) is 162 Å². The van der Waals surface area contributed by atoms with E-state index in [0.717, 1.165) is 11.2 Å². The van der Waals surface area contributed by atoms with E-state index < -0.39 is 0 Å². The predicted octanol–water partition coefficient (Wildman–Crippen LogP) is 15.0. The second-order valence-corrected chi connectivity index (χ2v) is 16.8. The Morgan fingerprint density at radius 2 is 0.891 bits per heavy atom. The molecule has 9 aromatic carbocycles.